The van der Waals surface area contributed by atoms with E-state index in [2.05, 4.69) is 0 Å². The molecule has 1 aromatic rings. The molecule has 1 aliphatic heterocycles. The van der Waals surface area contributed by atoms with Crippen LogP contribution >= 0.6 is 0 Å². The van der Waals surface area contributed by atoms with Crippen LogP contribution in [-0.2, 0) is 25.4 Å². The molecule has 160 valence electrons. The van der Waals surface area contributed by atoms with E-state index in [9.17, 15) is 14.4 Å². The molecule has 0 bridgehead atoms. The SMILES string of the molecule is COC(=O)[C@H](Cc1ccccc1)OC(=O)N(C)CCN(C)C(=O)N1CCOCC1. The van der Waals surface area contributed by atoms with Gasteiger partial charge in [0, 0.05) is 46.7 Å². The number of rotatable bonds is 7. The molecule has 1 atom stereocenters. The summed E-state index contributed by atoms with van der Waals surface area (Å²) >= 11 is 0. The number of likely N-dealkylation sites (N-methyl/N-ethyl adjacent to an activating group) is 2. The third kappa shape index (κ3) is 6.94. The number of carbonyl (C=O) groups is 3. The van der Waals surface area contributed by atoms with Gasteiger partial charge in [0.1, 0.15) is 0 Å². The number of nitrogens with zero attached hydrogens (tertiary/aromatic N) is 3. The third-order valence-corrected chi connectivity index (χ3v) is 4.66. The maximum absolute atomic E-state index is 12.4. The average molecular weight is 407 g/mol. The lowest BCUT2D eigenvalue weighted by Crippen LogP contribution is -2.48. The predicted molar refractivity (Wildman–Crippen MR) is 105 cm³/mol. The van der Waals surface area contributed by atoms with Crippen molar-refractivity contribution in [1.29, 1.82) is 0 Å². The second-order valence-electron chi connectivity index (χ2n) is 6.81. The number of benzene rings is 1. The Bertz CT molecular complexity index is 678. The van der Waals surface area contributed by atoms with Gasteiger partial charge in [0.05, 0.1) is 20.3 Å². The van der Waals surface area contributed by atoms with Gasteiger partial charge in [-0.1, -0.05) is 30.3 Å². The molecule has 1 heterocycles. The Morgan fingerprint density at radius 2 is 1.69 bits per heavy atom. The number of carbonyl (C=O) groups excluding carboxylic acids is 3. The molecule has 1 aliphatic rings. The quantitative estimate of drug-likeness (QED) is 0.632. The van der Waals surface area contributed by atoms with E-state index in [0.29, 0.717) is 32.8 Å². The van der Waals surface area contributed by atoms with Crippen LogP contribution in [0.4, 0.5) is 9.59 Å². The molecule has 1 fully saturated rings. The Morgan fingerprint density at radius 3 is 2.31 bits per heavy atom. The van der Waals surface area contributed by atoms with Crippen molar-refractivity contribution in [2.24, 2.45) is 0 Å². The number of ether oxygens (including phenoxy) is 3. The van der Waals surface area contributed by atoms with Crippen LogP contribution in [0.2, 0.25) is 0 Å². The van der Waals surface area contributed by atoms with Crippen LogP contribution in [0, 0.1) is 0 Å². The summed E-state index contributed by atoms with van der Waals surface area (Å²) in [6, 6.07) is 9.15. The van der Waals surface area contributed by atoms with Crippen LogP contribution in [-0.4, -0.2) is 99.5 Å². The minimum Gasteiger partial charge on any atom is -0.466 e. The predicted octanol–water partition coefficient (Wildman–Crippen LogP) is 1.22. The lowest BCUT2D eigenvalue weighted by atomic mass is 10.1. The summed E-state index contributed by atoms with van der Waals surface area (Å²) in [7, 11) is 4.50. The smallest absolute Gasteiger partial charge is 0.410 e. The summed E-state index contributed by atoms with van der Waals surface area (Å²) < 4.78 is 15.4. The highest BCUT2D eigenvalue weighted by Crippen LogP contribution is 2.09. The Hall–Kier alpha value is -2.81. The summed E-state index contributed by atoms with van der Waals surface area (Å²) in [5.41, 5.74) is 0.856. The van der Waals surface area contributed by atoms with Crippen molar-refractivity contribution in [2.45, 2.75) is 12.5 Å². The molecule has 2 rings (SSSR count). The van der Waals surface area contributed by atoms with Crippen LogP contribution in [0.5, 0.6) is 0 Å². The summed E-state index contributed by atoms with van der Waals surface area (Å²) in [5, 5.41) is 0. The van der Waals surface area contributed by atoms with Crippen LogP contribution in [0.1, 0.15) is 5.56 Å². The summed E-state index contributed by atoms with van der Waals surface area (Å²) in [5.74, 6) is -0.616. The lowest BCUT2D eigenvalue weighted by Gasteiger charge is -2.31. The number of esters is 1. The molecule has 1 aromatic carbocycles. The zero-order valence-electron chi connectivity index (χ0n) is 17.2. The monoisotopic (exact) mass is 407 g/mol. The Balaban J connectivity index is 1.85. The average Bonchev–Trinajstić information content (AvgIpc) is 2.76. The minimum absolute atomic E-state index is 0.105. The zero-order chi connectivity index (χ0) is 21.2. The molecule has 0 aromatic heterocycles. The minimum atomic E-state index is -1.04. The maximum Gasteiger partial charge on any atom is 0.410 e. The molecule has 1 saturated heterocycles. The summed E-state index contributed by atoms with van der Waals surface area (Å²) in [6.45, 7) is 2.78. The molecule has 9 nitrogen and oxygen atoms in total. The first-order chi connectivity index (χ1) is 13.9. The summed E-state index contributed by atoms with van der Waals surface area (Å²) in [6.07, 6.45) is -1.46. The highest BCUT2D eigenvalue weighted by molar-refractivity contribution is 5.79. The normalized spacial score (nSPS) is 14.7. The highest BCUT2D eigenvalue weighted by Gasteiger charge is 2.26. The van der Waals surface area contributed by atoms with Crippen molar-refractivity contribution in [2.75, 3.05) is 60.6 Å². The standard InChI is InChI=1S/C20H29N3O6/c1-21(19(25)23-11-13-28-14-12-23)9-10-22(2)20(26)29-17(18(24)27-3)15-16-7-5-4-6-8-16/h4-8,17H,9-15H2,1-3H3/t17-/m0/s1. The molecular formula is C20H29N3O6. The third-order valence-electron chi connectivity index (χ3n) is 4.66. The van der Waals surface area contributed by atoms with Gasteiger partial charge in [0.25, 0.3) is 0 Å². The van der Waals surface area contributed by atoms with E-state index in [1.807, 2.05) is 30.3 Å². The molecule has 0 radical (unpaired) electrons. The van der Waals surface area contributed by atoms with Gasteiger partial charge in [-0.15, -0.1) is 0 Å². The van der Waals surface area contributed by atoms with Crippen LogP contribution in [0.3, 0.4) is 0 Å². The zero-order valence-corrected chi connectivity index (χ0v) is 17.2. The van der Waals surface area contributed by atoms with E-state index < -0.39 is 18.2 Å². The van der Waals surface area contributed by atoms with Crippen molar-refractivity contribution in [3.8, 4) is 0 Å². The van der Waals surface area contributed by atoms with Gasteiger partial charge in [-0.2, -0.15) is 0 Å². The number of morpholine rings is 1. The Morgan fingerprint density at radius 1 is 1.07 bits per heavy atom. The van der Waals surface area contributed by atoms with Crippen molar-refractivity contribution in [3.05, 3.63) is 35.9 Å². The second kappa shape index (κ2) is 11.3. The fraction of sp³-hybridized carbons (Fsp3) is 0.550. The number of methoxy groups -OCH3 is 1. The molecule has 0 saturated carbocycles. The lowest BCUT2D eigenvalue weighted by molar-refractivity contribution is -0.150. The molecule has 0 aliphatic carbocycles. The molecular weight excluding hydrogens is 378 g/mol. The Labute approximate surface area is 171 Å². The van der Waals surface area contributed by atoms with E-state index in [4.69, 9.17) is 14.2 Å². The maximum atomic E-state index is 12.4. The first-order valence-electron chi connectivity index (χ1n) is 9.53. The topological polar surface area (TPSA) is 88.6 Å². The van der Waals surface area contributed by atoms with E-state index in [1.54, 1.807) is 23.9 Å². The van der Waals surface area contributed by atoms with Crippen molar-refractivity contribution < 1.29 is 28.6 Å². The largest absolute Gasteiger partial charge is 0.466 e. The molecule has 0 N–H and O–H groups in total. The molecule has 29 heavy (non-hydrogen) atoms. The van der Waals surface area contributed by atoms with Crippen molar-refractivity contribution in [1.82, 2.24) is 14.7 Å². The molecule has 0 spiro atoms. The number of urea groups is 1. The Kier molecular flexibility index (Phi) is 8.72. The van der Waals surface area contributed by atoms with E-state index >= 15 is 0 Å². The first-order valence-corrected chi connectivity index (χ1v) is 9.53. The van der Waals surface area contributed by atoms with E-state index in [-0.39, 0.29) is 19.0 Å². The van der Waals surface area contributed by atoms with Crippen molar-refractivity contribution >= 4 is 18.1 Å². The molecule has 3 amide bonds. The van der Waals surface area contributed by atoms with Gasteiger partial charge < -0.3 is 28.9 Å². The fourth-order valence-corrected chi connectivity index (χ4v) is 2.83. The van der Waals surface area contributed by atoms with Crippen LogP contribution in [0.25, 0.3) is 0 Å². The van der Waals surface area contributed by atoms with Gasteiger partial charge in [-0.25, -0.2) is 14.4 Å². The van der Waals surface area contributed by atoms with Gasteiger partial charge in [0.15, 0.2) is 0 Å². The highest BCUT2D eigenvalue weighted by atomic mass is 16.6. The molecule has 9 heteroatoms. The molecule has 0 unspecified atom stereocenters. The fourth-order valence-electron chi connectivity index (χ4n) is 2.83. The van der Waals surface area contributed by atoms with Gasteiger partial charge in [-0.3, -0.25) is 0 Å². The summed E-state index contributed by atoms with van der Waals surface area (Å²) in [4.78, 5) is 41.4. The van der Waals surface area contributed by atoms with Gasteiger partial charge in [-0.05, 0) is 5.56 Å². The van der Waals surface area contributed by atoms with Crippen LogP contribution in [0.15, 0.2) is 30.3 Å². The van der Waals surface area contributed by atoms with E-state index in [0.717, 1.165) is 5.56 Å². The first kappa shape index (κ1) is 22.5. The van der Waals surface area contributed by atoms with E-state index in [1.165, 1.54) is 12.0 Å². The number of amides is 3. The number of hydrogen-bond donors (Lipinski definition) is 0. The van der Waals surface area contributed by atoms with Crippen molar-refractivity contribution in [3.63, 3.8) is 0 Å². The van der Waals surface area contributed by atoms with Gasteiger partial charge in [0.2, 0.25) is 6.10 Å². The van der Waals surface area contributed by atoms with Gasteiger partial charge >= 0.3 is 18.1 Å². The number of hydrogen-bond acceptors (Lipinski definition) is 6. The second-order valence-corrected chi connectivity index (χ2v) is 6.81. The van der Waals surface area contributed by atoms with Crippen LogP contribution < -0.4 is 0 Å².